The van der Waals surface area contributed by atoms with Gasteiger partial charge in [0, 0.05) is 19.7 Å². The summed E-state index contributed by atoms with van der Waals surface area (Å²) in [7, 11) is 1.95. The minimum absolute atomic E-state index is 0.0452. The molecule has 1 rings (SSSR count). The molecule has 1 aliphatic rings. The van der Waals surface area contributed by atoms with Gasteiger partial charge in [0.15, 0.2) is 0 Å². The molecule has 1 saturated heterocycles. The van der Waals surface area contributed by atoms with Gasteiger partial charge in [-0.2, -0.15) is 0 Å². The molecule has 3 N–H and O–H groups in total. The maximum Gasteiger partial charge on any atom is 0.234 e. The van der Waals surface area contributed by atoms with Crippen molar-refractivity contribution < 1.29 is 9.53 Å². The van der Waals surface area contributed by atoms with Crippen LogP contribution in [0.4, 0.5) is 0 Å². The van der Waals surface area contributed by atoms with Gasteiger partial charge in [0.25, 0.3) is 0 Å². The van der Waals surface area contributed by atoms with Gasteiger partial charge in [-0.1, -0.05) is 13.8 Å². The second kappa shape index (κ2) is 7.07. The molecule has 5 nitrogen and oxygen atoms in total. The van der Waals surface area contributed by atoms with Crippen LogP contribution in [0.2, 0.25) is 0 Å². The molecule has 1 unspecified atom stereocenters. The highest BCUT2D eigenvalue weighted by atomic mass is 16.5. The van der Waals surface area contributed by atoms with Crippen molar-refractivity contribution in [3.63, 3.8) is 0 Å². The van der Waals surface area contributed by atoms with Crippen molar-refractivity contribution in [3.8, 4) is 0 Å². The summed E-state index contributed by atoms with van der Waals surface area (Å²) in [4.78, 5) is 13.8. The summed E-state index contributed by atoms with van der Waals surface area (Å²) in [5, 5.41) is 2.92. The van der Waals surface area contributed by atoms with Crippen molar-refractivity contribution in [2.45, 2.75) is 32.8 Å². The molecule has 1 heterocycles. The van der Waals surface area contributed by atoms with E-state index in [0.717, 1.165) is 26.0 Å². The largest absolute Gasteiger partial charge is 0.376 e. The molecule has 106 valence electrons. The molecular weight excluding hydrogens is 230 g/mol. The summed E-state index contributed by atoms with van der Waals surface area (Å²) in [6, 6.07) is 0. The van der Waals surface area contributed by atoms with Crippen LogP contribution in [0.5, 0.6) is 0 Å². The van der Waals surface area contributed by atoms with E-state index in [1.165, 1.54) is 0 Å². The fraction of sp³-hybridized carbons (Fsp3) is 0.923. The van der Waals surface area contributed by atoms with Crippen LogP contribution in [0.1, 0.15) is 26.7 Å². The molecule has 1 aliphatic heterocycles. The number of nitrogens with zero attached hydrogens (tertiary/aromatic N) is 1. The first-order valence-corrected chi connectivity index (χ1v) is 6.70. The molecule has 0 radical (unpaired) electrons. The fourth-order valence-electron chi connectivity index (χ4n) is 2.19. The first kappa shape index (κ1) is 15.4. The van der Waals surface area contributed by atoms with E-state index in [0.29, 0.717) is 19.6 Å². The second-order valence-corrected chi connectivity index (χ2v) is 5.98. The summed E-state index contributed by atoms with van der Waals surface area (Å²) in [5.74, 6) is 0.0563. The maximum atomic E-state index is 11.7. The molecule has 0 aromatic carbocycles. The third-order valence-electron chi connectivity index (χ3n) is 3.21. The molecule has 0 aromatic heterocycles. The van der Waals surface area contributed by atoms with Crippen molar-refractivity contribution >= 4 is 5.91 Å². The number of amides is 1. The van der Waals surface area contributed by atoms with Crippen molar-refractivity contribution in [1.29, 1.82) is 0 Å². The van der Waals surface area contributed by atoms with E-state index < -0.39 is 0 Å². The molecule has 1 amide bonds. The smallest absolute Gasteiger partial charge is 0.234 e. The Balaban J connectivity index is 2.18. The average molecular weight is 257 g/mol. The van der Waals surface area contributed by atoms with Crippen molar-refractivity contribution in [1.82, 2.24) is 10.2 Å². The van der Waals surface area contributed by atoms with E-state index >= 15 is 0 Å². The second-order valence-electron chi connectivity index (χ2n) is 5.98. The number of carbonyl (C=O) groups excluding carboxylic acids is 1. The number of nitrogens with two attached hydrogens (primary N) is 1. The Labute approximate surface area is 110 Å². The molecule has 0 spiro atoms. The monoisotopic (exact) mass is 257 g/mol. The van der Waals surface area contributed by atoms with Crippen molar-refractivity contribution in [2.75, 3.05) is 39.8 Å². The highest BCUT2D eigenvalue weighted by Crippen LogP contribution is 2.13. The van der Waals surface area contributed by atoms with E-state index in [9.17, 15) is 4.79 Å². The zero-order valence-corrected chi connectivity index (χ0v) is 11.9. The zero-order chi connectivity index (χ0) is 13.6. The predicted octanol–water partition coefficient (Wildman–Crippen LogP) is 0.198. The van der Waals surface area contributed by atoms with Crippen LogP contribution < -0.4 is 11.1 Å². The molecular formula is C13H27N3O2. The highest BCUT2D eigenvalue weighted by Gasteiger charge is 2.20. The van der Waals surface area contributed by atoms with Crippen LogP contribution in [0.25, 0.3) is 0 Å². The lowest BCUT2D eigenvalue weighted by Crippen LogP contribution is -2.43. The van der Waals surface area contributed by atoms with E-state index in [1.807, 2.05) is 11.9 Å². The SMILES string of the molecule is CN(CC(=O)NCC1CCCO1)CC(C)(C)CN. The van der Waals surface area contributed by atoms with Gasteiger partial charge in [-0.3, -0.25) is 9.69 Å². The summed E-state index contributed by atoms with van der Waals surface area (Å²) in [5.41, 5.74) is 5.73. The van der Waals surface area contributed by atoms with Crippen molar-refractivity contribution in [2.24, 2.45) is 11.1 Å². The van der Waals surface area contributed by atoms with Gasteiger partial charge in [0.1, 0.15) is 0 Å². The Kier molecular flexibility index (Phi) is 6.05. The van der Waals surface area contributed by atoms with Gasteiger partial charge in [-0.25, -0.2) is 0 Å². The molecule has 1 atom stereocenters. The maximum absolute atomic E-state index is 11.7. The Bertz CT molecular complexity index is 263. The highest BCUT2D eigenvalue weighted by molar-refractivity contribution is 5.78. The molecule has 5 heteroatoms. The minimum atomic E-state index is 0.0452. The number of rotatable bonds is 7. The van der Waals surface area contributed by atoms with Gasteiger partial charge in [0.2, 0.25) is 5.91 Å². The van der Waals surface area contributed by atoms with Gasteiger partial charge in [-0.15, -0.1) is 0 Å². The third-order valence-corrected chi connectivity index (χ3v) is 3.21. The van der Waals surface area contributed by atoms with Gasteiger partial charge >= 0.3 is 0 Å². The van der Waals surface area contributed by atoms with Crippen LogP contribution in [0.3, 0.4) is 0 Å². The molecule has 18 heavy (non-hydrogen) atoms. The number of ether oxygens (including phenoxy) is 1. The summed E-state index contributed by atoms with van der Waals surface area (Å²) in [6.45, 7) is 7.52. The van der Waals surface area contributed by atoms with E-state index in [4.69, 9.17) is 10.5 Å². The van der Waals surface area contributed by atoms with Crippen LogP contribution >= 0.6 is 0 Å². The lowest BCUT2D eigenvalue weighted by atomic mass is 9.93. The molecule has 0 aliphatic carbocycles. The lowest BCUT2D eigenvalue weighted by molar-refractivity contribution is -0.122. The molecule has 0 bridgehead atoms. The summed E-state index contributed by atoms with van der Waals surface area (Å²) in [6.07, 6.45) is 2.36. The minimum Gasteiger partial charge on any atom is -0.376 e. The van der Waals surface area contributed by atoms with Gasteiger partial charge in [0.05, 0.1) is 12.6 Å². The van der Waals surface area contributed by atoms with Crippen LogP contribution in [0.15, 0.2) is 0 Å². The number of carbonyl (C=O) groups is 1. The van der Waals surface area contributed by atoms with Crippen LogP contribution in [-0.2, 0) is 9.53 Å². The molecule has 1 fully saturated rings. The normalized spacial score (nSPS) is 20.4. The lowest BCUT2D eigenvalue weighted by Gasteiger charge is -2.28. The Morgan fingerprint density at radius 1 is 1.56 bits per heavy atom. The predicted molar refractivity (Wildman–Crippen MR) is 72.3 cm³/mol. The Morgan fingerprint density at radius 2 is 2.28 bits per heavy atom. The van der Waals surface area contributed by atoms with E-state index in [-0.39, 0.29) is 17.4 Å². The van der Waals surface area contributed by atoms with E-state index in [2.05, 4.69) is 19.2 Å². The quantitative estimate of drug-likeness (QED) is 0.683. The number of nitrogens with one attached hydrogen (secondary N) is 1. The van der Waals surface area contributed by atoms with E-state index in [1.54, 1.807) is 0 Å². The zero-order valence-electron chi connectivity index (χ0n) is 11.9. The van der Waals surface area contributed by atoms with Crippen LogP contribution in [-0.4, -0.2) is 56.7 Å². The first-order chi connectivity index (χ1) is 8.43. The molecule has 0 aromatic rings. The third kappa shape index (κ3) is 5.80. The van der Waals surface area contributed by atoms with Crippen molar-refractivity contribution in [3.05, 3.63) is 0 Å². The standard InChI is InChI=1S/C13H27N3O2/c1-13(2,9-14)10-16(3)8-12(17)15-7-11-5-4-6-18-11/h11H,4-10,14H2,1-3H3,(H,15,17). The summed E-state index contributed by atoms with van der Waals surface area (Å²) < 4.78 is 5.46. The number of hydrogen-bond acceptors (Lipinski definition) is 4. The Morgan fingerprint density at radius 3 is 2.83 bits per heavy atom. The average Bonchev–Trinajstić information content (AvgIpc) is 2.78. The number of hydrogen-bond donors (Lipinski definition) is 2. The number of likely N-dealkylation sites (N-methyl/N-ethyl adjacent to an activating group) is 1. The van der Waals surface area contributed by atoms with Crippen LogP contribution in [0, 0.1) is 5.41 Å². The van der Waals surface area contributed by atoms with Gasteiger partial charge < -0.3 is 15.8 Å². The Hall–Kier alpha value is -0.650. The fourth-order valence-corrected chi connectivity index (χ4v) is 2.19. The first-order valence-electron chi connectivity index (χ1n) is 6.70. The summed E-state index contributed by atoms with van der Waals surface area (Å²) >= 11 is 0. The topological polar surface area (TPSA) is 67.6 Å². The molecule has 0 saturated carbocycles. The van der Waals surface area contributed by atoms with Gasteiger partial charge in [-0.05, 0) is 31.8 Å².